The lowest BCUT2D eigenvalue weighted by atomic mass is 9.62. The van der Waals surface area contributed by atoms with Gasteiger partial charge >= 0.3 is 0 Å². The van der Waals surface area contributed by atoms with E-state index in [1.54, 1.807) is 0 Å². The van der Waals surface area contributed by atoms with Crippen LogP contribution < -0.4 is 4.90 Å². The van der Waals surface area contributed by atoms with Gasteiger partial charge in [-0.3, -0.25) is 4.90 Å². The number of hydrogen-bond acceptors (Lipinski definition) is 4. The molecule has 6 aliphatic rings. The zero-order valence-electron chi connectivity index (χ0n) is 14.3. The van der Waals surface area contributed by atoms with Crippen LogP contribution in [0.15, 0.2) is 24.3 Å². The third-order valence-electron chi connectivity index (χ3n) is 8.46. The molecule has 5 heterocycles. The van der Waals surface area contributed by atoms with Crippen LogP contribution in [-0.4, -0.2) is 52.6 Å². The number of benzene rings is 1. The normalized spacial score (nSPS) is 55.8. The molecule has 7 rings (SSSR count). The van der Waals surface area contributed by atoms with Crippen LogP contribution in [0, 0.1) is 17.8 Å². The highest BCUT2D eigenvalue weighted by Gasteiger charge is 2.76. The maximum absolute atomic E-state index is 11.6. The minimum absolute atomic E-state index is 0.126. The van der Waals surface area contributed by atoms with Gasteiger partial charge in [-0.05, 0) is 36.8 Å². The second-order valence-corrected chi connectivity index (χ2v) is 8.81. The van der Waals surface area contributed by atoms with Gasteiger partial charge in [0.15, 0.2) is 0 Å². The SMILES string of the molecule is CC[C@@H]1[C@@H]2C[C@@H]3[C@@H]4N(C)c5ccccc5[C@@]45C[C@H](C2C5O)N3[C@H]1O. The number of aliphatic hydroxyl groups excluding tert-OH is 2. The van der Waals surface area contributed by atoms with Gasteiger partial charge in [0.2, 0.25) is 0 Å². The second kappa shape index (κ2) is 4.17. The lowest BCUT2D eigenvalue weighted by Crippen LogP contribution is -2.72. The van der Waals surface area contributed by atoms with Gasteiger partial charge in [0, 0.05) is 42.1 Å². The van der Waals surface area contributed by atoms with Gasteiger partial charge in [-0.1, -0.05) is 25.1 Å². The van der Waals surface area contributed by atoms with E-state index in [0.717, 1.165) is 19.3 Å². The van der Waals surface area contributed by atoms with Crippen LogP contribution in [0.3, 0.4) is 0 Å². The number of hydrogen-bond donors (Lipinski definition) is 2. The molecule has 1 aromatic carbocycles. The molecule has 2 N–H and O–H groups in total. The summed E-state index contributed by atoms with van der Waals surface area (Å²) in [5, 5.41) is 22.6. The predicted molar refractivity (Wildman–Crippen MR) is 91.7 cm³/mol. The number of rotatable bonds is 1. The van der Waals surface area contributed by atoms with Crippen molar-refractivity contribution in [3.63, 3.8) is 0 Å². The van der Waals surface area contributed by atoms with E-state index in [1.807, 2.05) is 0 Å². The maximum atomic E-state index is 11.6. The van der Waals surface area contributed by atoms with E-state index in [1.165, 1.54) is 11.3 Å². The van der Waals surface area contributed by atoms with Crippen LogP contribution in [0.1, 0.15) is 31.7 Å². The molecule has 0 amide bonds. The molecule has 128 valence electrons. The highest BCUT2D eigenvalue weighted by atomic mass is 16.3. The molecule has 4 heteroatoms. The molecule has 5 bridgehead atoms. The van der Waals surface area contributed by atoms with Crippen molar-refractivity contribution in [3.8, 4) is 0 Å². The first-order chi connectivity index (χ1) is 11.6. The van der Waals surface area contributed by atoms with Gasteiger partial charge in [0.1, 0.15) is 6.23 Å². The third-order valence-corrected chi connectivity index (χ3v) is 8.46. The first-order valence-corrected chi connectivity index (χ1v) is 9.57. The molecule has 5 fully saturated rings. The van der Waals surface area contributed by atoms with Crippen molar-refractivity contribution in [1.82, 2.24) is 4.90 Å². The highest BCUT2D eigenvalue weighted by Crippen LogP contribution is 2.68. The molecule has 1 saturated carbocycles. The summed E-state index contributed by atoms with van der Waals surface area (Å²) in [6, 6.07) is 9.70. The van der Waals surface area contributed by atoms with Crippen molar-refractivity contribution in [2.45, 2.75) is 62.1 Å². The number of aliphatic hydroxyl groups is 2. The fraction of sp³-hybridized carbons (Fsp3) is 0.700. The Morgan fingerprint density at radius 1 is 1.21 bits per heavy atom. The van der Waals surface area contributed by atoms with Crippen LogP contribution in [0.25, 0.3) is 0 Å². The third kappa shape index (κ3) is 1.20. The minimum atomic E-state index is -0.319. The number of nitrogens with zero attached hydrogens (tertiary/aromatic N) is 2. The zero-order chi connectivity index (χ0) is 16.4. The Bertz CT molecular complexity index is 723. The minimum Gasteiger partial charge on any atom is -0.392 e. The molecule has 4 saturated heterocycles. The number of anilines is 1. The average Bonchev–Trinajstić information content (AvgIpc) is 2.97. The fourth-order valence-electron chi connectivity index (χ4n) is 7.88. The van der Waals surface area contributed by atoms with Gasteiger partial charge in [-0.15, -0.1) is 0 Å². The van der Waals surface area contributed by atoms with Crippen molar-refractivity contribution >= 4 is 5.69 Å². The first-order valence-electron chi connectivity index (χ1n) is 9.57. The summed E-state index contributed by atoms with van der Waals surface area (Å²) in [7, 11) is 2.19. The predicted octanol–water partition coefficient (Wildman–Crippen LogP) is 1.55. The summed E-state index contributed by atoms with van der Waals surface area (Å²) in [6.07, 6.45) is 2.56. The summed E-state index contributed by atoms with van der Waals surface area (Å²) in [6.45, 7) is 2.19. The molecule has 3 unspecified atom stereocenters. The molecular weight excluding hydrogens is 300 g/mol. The Morgan fingerprint density at radius 3 is 2.79 bits per heavy atom. The van der Waals surface area contributed by atoms with E-state index in [0.29, 0.717) is 35.9 Å². The average molecular weight is 326 g/mol. The summed E-state index contributed by atoms with van der Waals surface area (Å²) in [5.41, 5.74) is 2.51. The molecule has 1 aliphatic carbocycles. The monoisotopic (exact) mass is 326 g/mol. The number of para-hydroxylation sites is 1. The molecule has 0 radical (unpaired) electrons. The van der Waals surface area contributed by atoms with Crippen LogP contribution in [0.2, 0.25) is 0 Å². The Kier molecular flexibility index (Phi) is 2.45. The number of piperidine rings is 4. The lowest BCUT2D eigenvalue weighted by Gasteiger charge is -2.62. The van der Waals surface area contributed by atoms with E-state index < -0.39 is 0 Å². The van der Waals surface area contributed by atoms with Crippen LogP contribution >= 0.6 is 0 Å². The van der Waals surface area contributed by atoms with E-state index in [4.69, 9.17) is 0 Å². The molecule has 24 heavy (non-hydrogen) atoms. The standard InChI is InChI=1S/C20H26N2O2/c1-3-10-11-8-14-17-20(12-6-4-5-7-13(12)21(17)2)9-15(16(11)18(20)23)22(14)19(10)24/h4-7,10-11,14-19,23-24H,3,8-9H2,1-2H3/t10-,11+,14-,15-,16?,17+,18?,19+,20+/m1/s1. The van der Waals surface area contributed by atoms with Crippen molar-refractivity contribution < 1.29 is 10.2 Å². The van der Waals surface area contributed by atoms with Gasteiger partial charge in [0.25, 0.3) is 0 Å². The van der Waals surface area contributed by atoms with Crippen LogP contribution in [0.4, 0.5) is 5.69 Å². The second-order valence-electron chi connectivity index (χ2n) is 8.81. The first kappa shape index (κ1) is 14.1. The molecule has 4 nitrogen and oxygen atoms in total. The smallest absolute Gasteiger partial charge is 0.111 e. The topological polar surface area (TPSA) is 46.9 Å². The molecule has 5 aliphatic heterocycles. The van der Waals surface area contributed by atoms with Gasteiger partial charge in [-0.25, -0.2) is 0 Å². The van der Waals surface area contributed by atoms with E-state index in [-0.39, 0.29) is 17.7 Å². The zero-order valence-corrected chi connectivity index (χ0v) is 14.3. The number of likely N-dealkylation sites (N-methyl/N-ethyl adjacent to an activating group) is 1. The molecule has 10 atom stereocenters. The molecule has 0 aromatic heterocycles. The summed E-state index contributed by atoms with van der Waals surface area (Å²) in [5.74, 6) is 1.14. The Morgan fingerprint density at radius 2 is 2.00 bits per heavy atom. The van der Waals surface area contributed by atoms with Crippen LogP contribution in [0.5, 0.6) is 0 Å². The Balaban J connectivity index is 1.60. The van der Waals surface area contributed by atoms with Gasteiger partial charge in [0.05, 0.1) is 12.1 Å². The Labute approximate surface area is 143 Å². The van der Waals surface area contributed by atoms with E-state index in [2.05, 4.69) is 48.0 Å². The van der Waals surface area contributed by atoms with Crippen molar-refractivity contribution in [1.29, 1.82) is 0 Å². The van der Waals surface area contributed by atoms with Crippen molar-refractivity contribution in [3.05, 3.63) is 29.8 Å². The fourth-order valence-corrected chi connectivity index (χ4v) is 7.88. The highest BCUT2D eigenvalue weighted by molar-refractivity contribution is 5.67. The van der Waals surface area contributed by atoms with E-state index >= 15 is 0 Å². The molecule has 1 aromatic rings. The van der Waals surface area contributed by atoms with Gasteiger partial charge in [-0.2, -0.15) is 0 Å². The summed E-state index contributed by atoms with van der Waals surface area (Å²) < 4.78 is 0. The number of fused-ring (bicyclic) bond motifs is 2. The van der Waals surface area contributed by atoms with Crippen LogP contribution in [-0.2, 0) is 5.41 Å². The largest absolute Gasteiger partial charge is 0.392 e. The van der Waals surface area contributed by atoms with Crippen molar-refractivity contribution in [2.75, 3.05) is 11.9 Å². The lowest BCUT2D eigenvalue weighted by molar-refractivity contribution is -0.211. The molecule has 1 spiro atoms. The van der Waals surface area contributed by atoms with Gasteiger partial charge < -0.3 is 15.1 Å². The Hall–Kier alpha value is -1.10. The van der Waals surface area contributed by atoms with E-state index in [9.17, 15) is 10.2 Å². The maximum Gasteiger partial charge on any atom is 0.111 e. The summed E-state index contributed by atoms with van der Waals surface area (Å²) >= 11 is 0. The van der Waals surface area contributed by atoms with Crippen molar-refractivity contribution in [2.24, 2.45) is 17.8 Å². The summed E-state index contributed by atoms with van der Waals surface area (Å²) in [4.78, 5) is 4.83. The quantitative estimate of drug-likeness (QED) is 0.822. The molecular formula is C20H26N2O2.